The number of hydrogen-bond acceptors (Lipinski definition) is 5. The normalized spacial score (nSPS) is 15.8. The first-order chi connectivity index (χ1) is 10.2. The molecule has 2 rings (SSSR count). The van der Waals surface area contributed by atoms with Crippen molar-refractivity contribution in [1.29, 1.82) is 0 Å². The third kappa shape index (κ3) is 3.81. The van der Waals surface area contributed by atoms with Crippen molar-refractivity contribution in [3.8, 4) is 17.2 Å². The molecular formula is C15H23BrN2O3. The number of piperazine rings is 1. The average molecular weight is 359 g/mol. The molecule has 1 aliphatic heterocycles. The van der Waals surface area contributed by atoms with E-state index in [0.29, 0.717) is 5.75 Å². The second kappa shape index (κ2) is 7.87. The Bertz CT molecular complexity index is 476. The van der Waals surface area contributed by atoms with Gasteiger partial charge in [-0.1, -0.05) is 0 Å². The topological polar surface area (TPSA) is 43.0 Å². The monoisotopic (exact) mass is 358 g/mol. The van der Waals surface area contributed by atoms with Gasteiger partial charge in [0, 0.05) is 38.3 Å². The van der Waals surface area contributed by atoms with E-state index in [4.69, 9.17) is 14.2 Å². The van der Waals surface area contributed by atoms with Crippen molar-refractivity contribution < 1.29 is 14.2 Å². The lowest BCUT2D eigenvalue weighted by molar-refractivity contribution is 0.242. The smallest absolute Gasteiger partial charge is 0.178 e. The summed E-state index contributed by atoms with van der Waals surface area (Å²) in [7, 11) is 4.96. The maximum Gasteiger partial charge on any atom is 0.178 e. The van der Waals surface area contributed by atoms with Crippen molar-refractivity contribution in [2.24, 2.45) is 0 Å². The van der Waals surface area contributed by atoms with Crippen LogP contribution in [0.15, 0.2) is 10.5 Å². The molecule has 0 spiro atoms. The van der Waals surface area contributed by atoms with Gasteiger partial charge in [-0.2, -0.15) is 0 Å². The van der Waals surface area contributed by atoms with Crippen molar-refractivity contribution in [2.45, 2.75) is 6.42 Å². The lowest BCUT2D eigenvalue weighted by atomic mass is 10.1. The van der Waals surface area contributed by atoms with Gasteiger partial charge in [-0.05, 0) is 28.4 Å². The van der Waals surface area contributed by atoms with Gasteiger partial charge in [0.1, 0.15) is 10.2 Å². The molecule has 0 bridgehead atoms. The Kier molecular flexibility index (Phi) is 6.14. The van der Waals surface area contributed by atoms with Crippen LogP contribution >= 0.6 is 15.9 Å². The molecule has 0 unspecified atom stereocenters. The summed E-state index contributed by atoms with van der Waals surface area (Å²) in [5.74, 6) is 2.21. The van der Waals surface area contributed by atoms with Gasteiger partial charge in [0.15, 0.2) is 11.5 Å². The first-order valence-electron chi connectivity index (χ1n) is 7.11. The molecule has 1 heterocycles. The highest BCUT2D eigenvalue weighted by Gasteiger charge is 2.19. The molecule has 1 aromatic rings. The lowest BCUT2D eigenvalue weighted by Gasteiger charge is -2.27. The van der Waals surface area contributed by atoms with Gasteiger partial charge in [-0.15, -0.1) is 0 Å². The molecule has 0 amide bonds. The Labute approximate surface area is 134 Å². The summed E-state index contributed by atoms with van der Waals surface area (Å²) in [5.41, 5.74) is 1.13. The van der Waals surface area contributed by atoms with Crippen LogP contribution in [0.1, 0.15) is 5.56 Å². The summed E-state index contributed by atoms with van der Waals surface area (Å²) in [4.78, 5) is 2.46. The highest BCUT2D eigenvalue weighted by molar-refractivity contribution is 9.10. The van der Waals surface area contributed by atoms with Crippen LogP contribution in [0.5, 0.6) is 17.2 Å². The highest BCUT2D eigenvalue weighted by atomic mass is 79.9. The average Bonchev–Trinajstić information content (AvgIpc) is 2.53. The standard InChI is InChI=1S/C15H23BrN2O3/c1-19-12-10-11(4-7-18-8-5-17-6-9-18)14(20-2)13(16)15(12)21-3/h10,17H,4-9H2,1-3H3. The maximum absolute atomic E-state index is 5.54. The fourth-order valence-electron chi connectivity index (χ4n) is 2.60. The molecule has 1 saturated heterocycles. The Morgan fingerprint density at radius 1 is 1.10 bits per heavy atom. The molecule has 1 fully saturated rings. The summed E-state index contributed by atoms with van der Waals surface area (Å²) in [6.07, 6.45) is 0.919. The zero-order valence-corrected chi connectivity index (χ0v) is 14.5. The van der Waals surface area contributed by atoms with Crippen LogP contribution in [-0.4, -0.2) is 59.0 Å². The number of halogens is 1. The molecule has 21 heavy (non-hydrogen) atoms. The van der Waals surface area contributed by atoms with Crippen molar-refractivity contribution in [2.75, 3.05) is 54.1 Å². The molecule has 1 aromatic carbocycles. The quantitative estimate of drug-likeness (QED) is 0.841. The highest BCUT2D eigenvalue weighted by Crippen LogP contribution is 2.44. The molecule has 6 heteroatoms. The molecule has 118 valence electrons. The van der Waals surface area contributed by atoms with E-state index in [9.17, 15) is 0 Å². The van der Waals surface area contributed by atoms with Gasteiger partial charge in [0.25, 0.3) is 0 Å². The maximum atomic E-state index is 5.54. The van der Waals surface area contributed by atoms with Crippen LogP contribution in [0.4, 0.5) is 0 Å². The van der Waals surface area contributed by atoms with Crippen LogP contribution in [0.3, 0.4) is 0 Å². The second-order valence-corrected chi connectivity index (χ2v) is 5.75. The lowest BCUT2D eigenvalue weighted by Crippen LogP contribution is -2.44. The molecule has 1 N–H and O–H groups in total. The number of nitrogens with one attached hydrogen (secondary N) is 1. The number of benzene rings is 1. The van der Waals surface area contributed by atoms with Crippen LogP contribution in [0, 0.1) is 0 Å². The van der Waals surface area contributed by atoms with Crippen LogP contribution in [-0.2, 0) is 6.42 Å². The van der Waals surface area contributed by atoms with Crippen molar-refractivity contribution >= 4 is 15.9 Å². The second-order valence-electron chi connectivity index (χ2n) is 4.96. The number of rotatable bonds is 6. The van der Waals surface area contributed by atoms with Crippen molar-refractivity contribution in [3.63, 3.8) is 0 Å². The zero-order valence-electron chi connectivity index (χ0n) is 12.9. The van der Waals surface area contributed by atoms with E-state index < -0.39 is 0 Å². The molecular weight excluding hydrogens is 336 g/mol. The van der Waals surface area contributed by atoms with Gasteiger partial charge in [0.2, 0.25) is 0 Å². The fraction of sp³-hybridized carbons (Fsp3) is 0.600. The summed E-state index contributed by atoms with van der Waals surface area (Å²) in [6, 6.07) is 2.00. The first kappa shape index (κ1) is 16.4. The molecule has 1 aliphatic rings. The minimum Gasteiger partial charge on any atom is -0.495 e. The molecule has 0 atom stereocenters. The minimum absolute atomic E-state index is 0.667. The number of methoxy groups -OCH3 is 3. The summed E-state index contributed by atoms with van der Waals surface area (Å²) >= 11 is 3.56. The fourth-order valence-corrected chi connectivity index (χ4v) is 3.38. The number of nitrogens with zero attached hydrogens (tertiary/aromatic N) is 1. The van der Waals surface area contributed by atoms with Gasteiger partial charge >= 0.3 is 0 Å². The van der Waals surface area contributed by atoms with E-state index in [1.807, 2.05) is 6.07 Å². The molecule has 0 radical (unpaired) electrons. The van der Waals surface area contributed by atoms with E-state index in [0.717, 1.165) is 60.7 Å². The van der Waals surface area contributed by atoms with Gasteiger partial charge < -0.3 is 24.4 Å². The van der Waals surface area contributed by atoms with Gasteiger partial charge in [-0.25, -0.2) is 0 Å². The third-order valence-corrected chi connectivity index (χ3v) is 4.47. The third-order valence-electron chi connectivity index (χ3n) is 3.75. The van der Waals surface area contributed by atoms with Crippen LogP contribution in [0.2, 0.25) is 0 Å². The van der Waals surface area contributed by atoms with E-state index in [1.54, 1.807) is 21.3 Å². The van der Waals surface area contributed by atoms with Crippen LogP contribution in [0.25, 0.3) is 0 Å². The summed E-state index contributed by atoms with van der Waals surface area (Å²) < 4.78 is 17.2. The predicted molar refractivity (Wildman–Crippen MR) is 86.8 cm³/mol. The molecule has 5 nitrogen and oxygen atoms in total. The molecule has 0 saturated carbocycles. The van der Waals surface area contributed by atoms with E-state index in [2.05, 4.69) is 26.1 Å². The Hall–Kier alpha value is -0.980. The summed E-state index contributed by atoms with van der Waals surface area (Å²) in [5, 5.41) is 3.37. The molecule has 0 aromatic heterocycles. The van der Waals surface area contributed by atoms with Gasteiger partial charge in [0.05, 0.1) is 21.3 Å². The van der Waals surface area contributed by atoms with E-state index >= 15 is 0 Å². The largest absolute Gasteiger partial charge is 0.495 e. The SMILES string of the molecule is COc1cc(CCN2CCNCC2)c(OC)c(Br)c1OC. The van der Waals surface area contributed by atoms with Gasteiger partial charge in [-0.3, -0.25) is 0 Å². The van der Waals surface area contributed by atoms with E-state index in [1.165, 1.54) is 0 Å². The van der Waals surface area contributed by atoms with Crippen molar-refractivity contribution in [1.82, 2.24) is 10.2 Å². The predicted octanol–water partition coefficient (Wildman–Crippen LogP) is 1.92. The number of hydrogen-bond donors (Lipinski definition) is 1. The van der Waals surface area contributed by atoms with Crippen molar-refractivity contribution in [3.05, 3.63) is 16.1 Å². The van der Waals surface area contributed by atoms with Crippen LogP contribution < -0.4 is 19.5 Å². The minimum atomic E-state index is 0.667. The Balaban J connectivity index is 2.18. The summed E-state index contributed by atoms with van der Waals surface area (Å²) in [6.45, 7) is 5.33. The van der Waals surface area contributed by atoms with E-state index in [-0.39, 0.29) is 0 Å². The number of ether oxygens (including phenoxy) is 3. The molecule has 0 aliphatic carbocycles. The Morgan fingerprint density at radius 3 is 2.33 bits per heavy atom. The Morgan fingerprint density at radius 2 is 1.76 bits per heavy atom. The zero-order chi connectivity index (χ0) is 15.2. The first-order valence-corrected chi connectivity index (χ1v) is 7.91.